The van der Waals surface area contributed by atoms with Crippen molar-refractivity contribution in [3.05, 3.63) is 29.3 Å². The molecular formula is C14H19ClN2O2. The summed E-state index contributed by atoms with van der Waals surface area (Å²) >= 11 is 5.78. The van der Waals surface area contributed by atoms with E-state index < -0.39 is 0 Å². The summed E-state index contributed by atoms with van der Waals surface area (Å²) in [5.74, 6) is 0.509. The second-order valence-corrected chi connectivity index (χ2v) is 5.42. The lowest BCUT2D eigenvalue weighted by Crippen LogP contribution is -2.52. The number of amides is 1. The van der Waals surface area contributed by atoms with Gasteiger partial charge in [0.05, 0.1) is 5.54 Å². The Bertz CT molecular complexity index is 428. The molecule has 4 nitrogen and oxygen atoms in total. The molecule has 19 heavy (non-hydrogen) atoms. The molecule has 1 amide bonds. The molecule has 0 atom stereocenters. The summed E-state index contributed by atoms with van der Waals surface area (Å²) in [6.45, 7) is 0.489. The van der Waals surface area contributed by atoms with Crippen molar-refractivity contribution in [3.8, 4) is 5.75 Å². The minimum Gasteiger partial charge on any atom is -0.484 e. The van der Waals surface area contributed by atoms with Crippen molar-refractivity contribution in [2.75, 3.05) is 13.2 Å². The van der Waals surface area contributed by atoms with Gasteiger partial charge < -0.3 is 15.8 Å². The van der Waals surface area contributed by atoms with E-state index in [4.69, 9.17) is 22.1 Å². The van der Waals surface area contributed by atoms with Crippen LogP contribution >= 0.6 is 11.6 Å². The average molecular weight is 283 g/mol. The second kappa shape index (κ2) is 6.26. The first-order chi connectivity index (χ1) is 9.13. The van der Waals surface area contributed by atoms with Crippen LogP contribution in [-0.4, -0.2) is 24.6 Å². The third kappa shape index (κ3) is 3.85. The number of rotatable bonds is 5. The van der Waals surface area contributed by atoms with Crippen molar-refractivity contribution in [2.45, 2.75) is 31.2 Å². The van der Waals surface area contributed by atoms with Crippen LogP contribution < -0.4 is 15.8 Å². The molecule has 1 aromatic rings. The highest BCUT2D eigenvalue weighted by atomic mass is 35.5. The molecule has 2 rings (SSSR count). The molecule has 104 valence electrons. The van der Waals surface area contributed by atoms with Crippen LogP contribution in [0.1, 0.15) is 25.7 Å². The number of benzene rings is 1. The molecular weight excluding hydrogens is 264 g/mol. The Morgan fingerprint density at radius 3 is 2.53 bits per heavy atom. The van der Waals surface area contributed by atoms with Crippen LogP contribution in [-0.2, 0) is 4.79 Å². The number of carbonyl (C=O) groups excluding carboxylic acids is 1. The molecule has 5 heteroatoms. The zero-order chi connectivity index (χ0) is 13.7. The first-order valence-electron chi connectivity index (χ1n) is 6.53. The SMILES string of the molecule is NCC1(NC(=O)COc2ccc(Cl)cc2)CCCC1. The highest BCUT2D eigenvalue weighted by Crippen LogP contribution is 2.28. The van der Waals surface area contributed by atoms with Gasteiger partial charge in [0.25, 0.3) is 5.91 Å². The van der Waals surface area contributed by atoms with Crippen molar-refractivity contribution in [1.82, 2.24) is 5.32 Å². The van der Waals surface area contributed by atoms with E-state index in [2.05, 4.69) is 5.32 Å². The van der Waals surface area contributed by atoms with Crippen LogP contribution in [0, 0.1) is 0 Å². The third-order valence-electron chi connectivity index (χ3n) is 3.54. The van der Waals surface area contributed by atoms with Gasteiger partial charge in [-0.1, -0.05) is 24.4 Å². The van der Waals surface area contributed by atoms with E-state index in [1.807, 2.05) is 0 Å². The molecule has 1 fully saturated rings. The molecule has 0 bridgehead atoms. The summed E-state index contributed by atoms with van der Waals surface area (Å²) < 4.78 is 5.41. The Labute approximate surface area is 118 Å². The fraction of sp³-hybridized carbons (Fsp3) is 0.500. The first kappa shape index (κ1) is 14.2. The zero-order valence-electron chi connectivity index (χ0n) is 10.8. The maximum Gasteiger partial charge on any atom is 0.258 e. The van der Waals surface area contributed by atoms with Gasteiger partial charge in [0.15, 0.2) is 6.61 Å². The number of halogens is 1. The number of ether oxygens (including phenoxy) is 1. The highest BCUT2D eigenvalue weighted by Gasteiger charge is 2.33. The molecule has 3 N–H and O–H groups in total. The van der Waals surface area contributed by atoms with E-state index in [0.29, 0.717) is 17.3 Å². The molecule has 1 saturated carbocycles. The van der Waals surface area contributed by atoms with Gasteiger partial charge in [-0.2, -0.15) is 0 Å². The summed E-state index contributed by atoms with van der Waals surface area (Å²) in [4.78, 5) is 11.9. The number of nitrogens with one attached hydrogen (secondary N) is 1. The fourth-order valence-corrected chi connectivity index (χ4v) is 2.57. The van der Waals surface area contributed by atoms with Gasteiger partial charge in [-0.3, -0.25) is 4.79 Å². The van der Waals surface area contributed by atoms with Gasteiger partial charge in [0.1, 0.15) is 5.75 Å². The highest BCUT2D eigenvalue weighted by molar-refractivity contribution is 6.30. The molecule has 0 aromatic heterocycles. The average Bonchev–Trinajstić information content (AvgIpc) is 2.87. The Morgan fingerprint density at radius 2 is 1.95 bits per heavy atom. The van der Waals surface area contributed by atoms with Crippen molar-refractivity contribution < 1.29 is 9.53 Å². The number of nitrogens with two attached hydrogens (primary N) is 1. The van der Waals surface area contributed by atoms with Gasteiger partial charge in [0, 0.05) is 11.6 Å². The molecule has 1 aliphatic rings. The topological polar surface area (TPSA) is 64.3 Å². The van der Waals surface area contributed by atoms with Gasteiger partial charge in [-0.05, 0) is 37.1 Å². The van der Waals surface area contributed by atoms with Crippen LogP contribution in [0.15, 0.2) is 24.3 Å². The van der Waals surface area contributed by atoms with Crippen LogP contribution in [0.3, 0.4) is 0 Å². The maximum atomic E-state index is 11.9. The van der Waals surface area contributed by atoms with Crippen LogP contribution in [0.5, 0.6) is 5.75 Å². The maximum absolute atomic E-state index is 11.9. The Kier molecular flexibility index (Phi) is 4.66. The third-order valence-corrected chi connectivity index (χ3v) is 3.79. The van der Waals surface area contributed by atoms with E-state index in [-0.39, 0.29) is 18.1 Å². The molecule has 1 aliphatic carbocycles. The normalized spacial score (nSPS) is 17.2. The summed E-state index contributed by atoms with van der Waals surface area (Å²) in [5, 5.41) is 3.65. The van der Waals surface area contributed by atoms with Gasteiger partial charge >= 0.3 is 0 Å². The summed E-state index contributed by atoms with van der Waals surface area (Å²) in [5.41, 5.74) is 5.55. The lowest BCUT2D eigenvalue weighted by molar-refractivity contribution is -0.124. The monoisotopic (exact) mass is 282 g/mol. The number of carbonyl (C=O) groups is 1. The smallest absolute Gasteiger partial charge is 0.258 e. The number of hydrogen-bond acceptors (Lipinski definition) is 3. The van der Waals surface area contributed by atoms with Crippen molar-refractivity contribution in [2.24, 2.45) is 5.73 Å². The van der Waals surface area contributed by atoms with Gasteiger partial charge in [-0.25, -0.2) is 0 Å². The van der Waals surface area contributed by atoms with Gasteiger partial charge in [0.2, 0.25) is 0 Å². The quantitative estimate of drug-likeness (QED) is 0.869. The van der Waals surface area contributed by atoms with Crippen molar-refractivity contribution in [3.63, 3.8) is 0 Å². The largest absolute Gasteiger partial charge is 0.484 e. The Balaban J connectivity index is 1.82. The lowest BCUT2D eigenvalue weighted by atomic mass is 9.98. The molecule has 0 radical (unpaired) electrons. The number of hydrogen-bond donors (Lipinski definition) is 2. The van der Waals surface area contributed by atoms with Crippen LogP contribution in [0.4, 0.5) is 0 Å². The van der Waals surface area contributed by atoms with Crippen molar-refractivity contribution in [1.29, 1.82) is 0 Å². The first-order valence-corrected chi connectivity index (χ1v) is 6.91. The zero-order valence-corrected chi connectivity index (χ0v) is 11.6. The van der Waals surface area contributed by atoms with Crippen LogP contribution in [0.2, 0.25) is 5.02 Å². The fourth-order valence-electron chi connectivity index (χ4n) is 2.44. The summed E-state index contributed by atoms with van der Waals surface area (Å²) in [6.07, 6.45) is 4.15. The minimum absolute atomic E-state index is 0.00336. The minimum atomic E-state index is -0.222. The van der Waals surface area contributed by atoms with Gasteiger partial charge in [-0.15, -0.1) is 0 Å². The molecule has 0 heterocycles. The Morgan fingerprint density at radius 1 is 1.32 bits per heavy atom. The standard InChI is InChI=1S/C14H19ClN2O2/c15-11-3-5-12(6-4-11)19-9-13(18)17-14(10-16)7-1-2-8-14/h3-6H,1-2,7-10,16H2,(H,17,18). The molecule has 0 aliphatic heterocycles. The molecule has 1 aromatic carbocycles. The van der Waals surface area contributed by atoms with E-state index in [0.717, 1.165) is 25.7 Å². The van der Waals surface area contributed by atoms with E-state index in [1.165, 1.54) is 0 Å². The molecule has 0 saturated heterocycles. The summed E-state index contributed by atoms with van der Waals surface area (Å²) in [6, 6.07) is 6.94. The van der Waals surface area contributed by atoms with Crippen LogP contribution in [0.25, 0.3) is 0 Å². The Hall–Kier alpha value is -1.26. The van der Waals surface area contributed by atoms with E-state index >= 15 is 0 Å². The lowest BCUT2D eigenvalue weighted by Gasteiger charge is -2.28. The summed E-state index contributed by atoms with van der Waals surface area (Å²) in [7, 11) is 0. The van der Waals surface area contributed by atoms with E-state index in [1.54, 1.807) is 24.3 Å². The van der Waals surface area contributed by atoms with Crippen molar-refractivity contribution >= 4 is 17.5 Å². The molecule has 0 unspecified atom stereocenters. The second-order valence-electron chi connectivity index (χ2n) is 4.98. The molecule has 0 spiro atoms. The predicted octanol–water partition coefficient (Wildman–Crippen LogP) is 2.11. The predicted molar refractivity (Wildman–Crippen MR) is 75.3 cm³/mol. The van der Waals surface area contributed by atoms with E-state index in [9.17, 15) is 4.79 Å².